The highest BCUT2D eigenvalue weighted by Crippen LogP contribution is 2.37. The zero-order valence-electron chi connectivity index (χ0n) is 28.6. The predicted molar refractivity (Wildman–Crippen MR) is 184 cm³/mol. The van der Waals surface area contributed by atoms with E-state index in [1.165, 1.54) is 30.6 Å². The molecule has 4 aromatic heterocycles. The van der Waals surface area contributed by atoms with Crippen LogP contribution < -0.4 is 14.4 Å². The maximum absolute atomic E-state index is 15.0. The van der Waals surface area contributed by atoms with Crippen LogP contribution in [0, 0.1) is 18.6 Å². The summed E-state index contributed by atoms with van der Waals surface area (Å²) in [5.74, 6) is 0.502. The number of amides is 1. The first kappa shape index (κ1) is 32.2. The minimum atomic E-state index is -0.685. The molecule has 266 valence electrons. The second-order valence-corrected chi connectivity index (χ2v) is 13.5. The van der Waals surface area contributed by atoms with Gasteiger partial charge in [-0.3, -0.25) is 4.79 Å². The number of nitrogens with zero attached hydrogens (tertiary/aromatic N) is 10. The van der Waals surface area contributed by atoms with Gasteiger partial charge in [-0.2, -0.15) is 10.1 Å². The van der Waals surface area contributed by atoms with E-state index in [-0.39, 0.29) is 31.1 Å². The summed E-state index contributed by atoms with van der Waals surface area (Å²) in [7, 11) is 3.35. The lowest BCUT2D eigenvalue weighted by molar-refractivity contribution is -0.133. The van der Waals surface area contributed by atoms with Gasteiger partial charge in [0, 0.05) is 51.0 Å². The molecule has 1 saturated heterocycles. The zero-order chi connectivity index (χ0) is 35.7. The third-order valence-corrected chi connectivity index (χ3v) is 9.88. The third kappa shape index (κ3) is 5.62. The van der Waals surface area contributed by atoms with Crippen molar-refractivity contribution in [2.24, 2.45) is 0 Å². The van der Waals surface area contributed by atoms with Crippen molar-refractivity contribution in [2.75, 3.05) is 32.1 Å². The fourth-order valence-corrected chi connectivity index (χ4v) is 7.24. The number of imidazole rings is 1. The Morgan fingerprint density at radius 3 is 2.65 bits per heavy atom. The van der Waals surface area contributed by atoms with E-state index in [1.54, 1.807) is 48.3 Å². The number of likely N-dealkylation sites (N-methyl/N-ethyl adjacent to an activating group) is 1. The standard InChI is InChI=1S/C36H34F2N10O4/c1-19-43-28-11-21(38)10-25-27-8-9-39-36(44-27)52-23-13-30(35(49)45(2)15-24(50-3)17-46(19)32(25)28)47(16-23)33-26-14-42-48(34(26)41-18-40-33)29-7-4-20(37)12-31(29)51-22-5-6-22/h4,7-12,14,18,22-24,30H,5-6,13,15-17H2,1-3H3/t23-,24-,30-/m0/s1. The average Bonchev–Trinajstić information content (AvgIpc) is 3.54. The number of carbonyl (C=O) groups excluding carboxylic acids is 1. The van der Waals surface area contributed by atoms with E-state index in [0.717, 1.165) is 12.8 Å². The van der Waals surface area contributed by atoms with Gasteiger partial charge in [0.15, 0.2) is 5.65 Å². The van der Waals surface area contributed by atoms with Gasteiger partial charge in [0.05, 0.1) is 53.6 Å². The number of hydrogen-bond donors (Lipinski definition) is 0. The Bertz CT molecular complexity index is 2360. The number of benzene rings is 2. The van der Waals surface area contributed by atoms with E-state index in [4.69, 9.17) is 19.2 Å². The molecule has 9 rings (SSSR count). The Kier molecular flexibility index (Phi) is 7.71. The van der Waals surface area contributed by atoms with Gasteiger partial charge in [0.2, 0.25) is 5.91 Å². The van der Waals surface area contributed by atoms with Crippen LogP contribution in [0.25, 0.3) is 39.0 Å². The molecule has 16 heteroatoms. The van der Waals surface area contributed by atoms with E-state index in [0.29, 0.717) is 69.4 Å². The van der Waals surface area contributed by atoms with E-state index in [9.17, 15) is 13.6 Å². The largest absolute Gasteiger partial charge is 0.488 e. The van der Waals surface area contributed by atoms with Crippen LogP contribution in [-0.2, 0) is 16.1 Å². The highest BCUT2D eigenvalue weighted by molar-refractivity contribution is 5.93. The van der Waals surface area contributed by atoms with Crippen LogP contribution >= 0.6 is 0 Å². The molecule has 0 radical (unpaired) electrons. The number of aromatic nitrogens is 8. The molecule has 1 aliphatic carbocycles. The summed E-state index contributed by atoms with van der Waals surface area (Å²) in [6.45, 7) is 2.73. The molecule has 0 unspecified atom stereocenters. The first-order valence-electron chi connectivity index (χ1n) is 17.1. The summed E-state index contributed by atoms with van der Waals surface area (Å²) >= 11 is 0. The molecule has 4 bridgehead atoms. The van der Waals surface area contributed by atoms with Gasteiger partial charge in [-0.25, -0.2) is 33.4 Å². The SMILES string of the molecule is CO[C@H]1CN(C)C(=O)[C@@H]2C[C@@H](CN2c2ncnc3c2cnn3-c2ccc(F)cc2OC2CC2)Oc2nccc(n2)-c2cc(F)cc3nc(C)n(c23)C1. The molecule has 3 atom stereocenters. The number of methoxy groups -OCH3 is 1. The van der Waals surface area contributed by atoms with Crippen molar-refractivity contribution < 1.29 is 27.8 Å². The van der Waals surface area contributed by atoms with Crippen LogP contribution in [0.2, 0.25) is 0 Å². The molecular formula is C36H34F2N10O4. The minimum absolute atomic E-state index is 0.0372. The van der Waals surface area contributed by atoms with Crippen molar-refractivity contribution in [1.82, 2.24) is 44.2 Å². The lowest BCUT2D eigenvalue weighted by Crippen LogP contribution is -2.47. The number of halogens is 2. The number of fused-ring (bicyclic) bond motifs is 6. The number of aryl methyl sites for hydroxylation is 1. The van der Waals surface area contributed by atoms with Gasteiger partial charge in [-0.15, -0.1) is 0 Å². The molecule has 0 spiro atoms. The van der Waals surface area contributed by atoms with Gasteiger partial charge < -0.3 is 28.6 Å². The summed E-state index contributed by atoms with van der Waals surface area (Å²) in [6, 6.07) is 8.26. The third-order valence-electron chi connectivity index (χ3n) is 9.88. The number of anilines is 1. The van der Waals surface area contributed by atoms with Gasteiger partial charge in [-0.1, -0.05) is 0 Å². The highest BCUT2D eigenvalue weighted by atomic mass is 19.1. The minimum Gasteiger partial charge on any atom is -0.488 e. The maximum atomic E-state index is 15.0. The summed E-state index contributed by atoms with van der Waals surface area (Å²) in [4.78, 5) is 40.9. The first-order chi connectivity index (χ1) is 25.2. The average molecular weight is 709 g/mol. The van der Waals surface area contributed by atoms with Crippen molar-refractivity contribution in [3.05, 3.63) is 72.6 Å². The quantitative estimate of drug-likeness (QED) is 0.254. The molecule has 1 amide bonds. The van der Waals surface area contributed by atoms with E-state index in [2.05, 4.69) is 25.0 Å². The molecular weight excluding hydrogens is 674 g/mol. The summed E-state index contributed by atoms with van der Waals surface area (Å²) in [6.07, 6.45) is 5.84. The smallest absolute Gasteiger partial charge is 0.317 e. The van der Waals surface area contributed by atoms with Crippen molar-refractivity contribution >= 4 is 33.8 Å². The van der Waals surface area contributed by atoms with Crippen molar-refractivity contribution in [3.8, 4) is 28.7 Å². The monoisotopic (exact) mass is 708 g/mol. The Hall–Kier alpha value is -5.77. The summed E-state index contributed by atoms with van der Waals surface area (Å²) in [5.41, 5.74) is 3.19. The number of carbonyl (C=O) groups is 1. The van der Waals surface area contributed by atoms with E-state index >= 15 is 0 Å². The van der Waals surface area contributed by atoms with Crippen molar-refractivity contribution in [3.63, 3.8) is 0 Å². The topological polar surface area (TPSA) is 138 Å². The lowest BCUT2D eigenvalue weighted by atomic mass is 10.1. The van der Waals surface area contributed by atoms with Gasteiger partial charge >= 0.3 is 6.01 Å². The molecule has 1 saturated carbocycles. The molecule has 0 N–H and O–H groups in total. The van der Waals surface area contributed by atoms with Gasteiger partial charge in [0.25, 0.3) is 0 Å². The van der Waals surface area contributed by atoms with E-state index in [1.807, 2.05) is 16.4 Å². The Morgan fingerprint density at radius 1 is 0.962 bits per heavy atom. The van der Waals surface area contributed by atoms with E-state index < -0.39 is 29.9 Å². The Labute approximate surface area is 296 Å². The van der Waals surface area contributed by atoms with Crippen LogP contribution in [0.3, 0.4) is 0 Å². The fourth-order valence-electron chi connectivity index (χ4n) is 7.24. The highest BCUT2D eigenvalue weighted by Gasteiger charge is 2.42. The fraction of sp³-hybridized carbons (Fsp3) is 0.361. The molecule has 6 aromatic rings. The van der Waals surface area contributed by atoms with Crippen LogP contribution in [0.15, 0.2) is 55.1 Å². The normalized spacial score (nSPS) is 20.6. The lowest BCUT2D eigenvalue weighted by Gasteiger charge is -2.30. The summed E-state index contributed by atoms with van der Waals surface area (Å²) < 4.78 is 51.2. The number of hydrogen-bond acceptors (Lipinski definition) is 11. The molecule has 2 fully saturated rings. The molecule has 3 aliphatic rings. The van der Waals surface area contributed by atoms with Gasteiger partial charge in [0.1, 0.15) is 53.2 Å². The maximum Gasteiger partial charge on any atom is 0.317 e. The zero-order valence-corrected chi connectivity index (χ0v) is 28.6. The van der Waals surface area contributed by atoms with Crippen molar-refractivity contribution in [2.45, 2.75) is 57.1 Å². The van der Waals surface area contributed by atoms with Gasteiger partial charge in [-0.05, 0) is 44.0 Å². The van der Waals surface area contributed by atoms with Crippen LogP contribution in [0.1, 0.15) is 25.1 Å². The van der Waals surface area contributed by atoms with Crippen molar-refractivity contribution in [1.29, 1.82) is 0 Å². The predicted octanol–water partition coefficient (Wildman–Crippen LogP) is 4.26. The summed E-state index contributed by atoms with van der Waals surface area (Å²) in [5, 5.41) is 5.21. The number of rotatable bonds is 5. The molecule has 14 nitrogen and oxygen atoms in total. The Morgan fingerprint density at radius 2 is 1.83 bits per heavy atom. The second-order valence-electron chi connectivity index (χ2n) is 13.5. The van der Waals surface area contributed by atoms with Crippen LogP contribution in [-0.4, -0.2) is 102 Å². The van der Waals surface area contributed by atoms with Crippen LogP contribution in [0.5, 0.6) is 11.8 Å². The second kappa shape index (κ2) is 12.5. The van der Waals surface area contributed by atoms with Crippen LogP contribution in [0.4, 0.5) is 14.6 Å². The molecule has 2 aliphatic heterocycles. The number of ether oxygens (including phenoxy) is 3. The molecule has 6 heterocycles. The molecule has 2 aromatic carbocycles. The molecule has 52 heavy (non-hydrogen) atoms. The first-order valence-corrected chi connectivity index (χ1v) is 17.1. The Balaban J connectivity index is 1.12.